The van der Waals surface area contributed by atoms with Gasteiger partial charge in [0.05, 0.1) is 0 Å². The second-order valence-electron chi connectivity index (χ2n) is 7.49. The number of likely N-dealkylation sites (tertiary alicyclic amines) is 1. The topological polar surface area (TPSA) is 57.7 Å². The molecule has 0 amide bonds. The molecule has 1 N–H and O–H groups in total. The van der Waals surface area contributed by atoms with Gasteiger partial charge in [0.15, 0.2) is 5.82 Å². The second kappa shape index (κ2) is 7.75. The highest BCUT2D eigenvalue weighted by Gasteiger charge is 2.24. The summed E-state index contributed by atoms with van der Waals surface area (Å²) >= 11 is 0. The van der Waals surface area contributed by atoms with E-state index in [1.54, 1.807) is 6.20 Å². The van der Waals surface area contributed by atoms with Crippen molar-refractivity contribution in [3.05, 3.63) is 64.9 Å². The molecule has 1 aliphatic rings. The van der Waals surface area contributed by atoms with Gasteiger partial charge in [-0.05, 0) is 57.0 Å². The third-order valence-corrected chi connectivity index (χ3v) is 5.06. The average Bonchev–Trinajstić information content (AvgIpc) is 3.07. The van der Waals surface area contributed by atoms with Crippen molar-refractivity contribution in [3.63, 3.8) is 0 Å². The van der Waals surface area contributed by atoms with Crippen LogP contribution >= 0.6 is 0 Å². The Bertz CT molecular complexity index is 964. The Kier molecular flexibility index (Phi) is 5.17. The van der Waals surface area contributed by atoms with Gasteiger partial charge >= 0.3 is 0 Å². The maximum atomic E-state index is 13.5. The Balaban J connectivity index is 1.53. The number of nitrogens with one attached hydrogen (secondary N) is 1. The lowest BCUT2D eigenvalue weighted by Crippen LogP contribution is -2.34. The minimum Gasteiger partial charge on any atom is -0.341 e. The molecule has 28 heavy (non-hydrogen) atoms. The Labute approximate surface area is 162 Å². The molecule has 1 atom stereocenters. The van der Waals surface area contributed by atoms with Crippen molar-refractivity contribution in [1.29, 1.82) is 0 Å². The highest BCUT2D eigenvalue weighted by atomic mass is 19.1. The number of halogens is 2. The first kappa shape index (κ1) is 18.7. The molecule has 0 saturated carbocycles. The van der Waals surface area contributed by atoms with Gasteiger partial charge < -0.3 is 4.98 Å². The quantitative estimate of drug-likeness (QED) is 0.736. The first-order valence-corrected chi connectivity index (χ1v) is 9.51. The number of aryl methyl sites for hydroxylation is 2. The van der Waals surface area contributed by atoms with Crippen molar-refractivity contribution in [2.45, 2.75) is 39.2 Å². The Morgan fingerprint density at radius 3 is 2.61 bits per heavy atom. The van der Waals surface area contributed by atoms with Crippen LogP contribution in [0.5, 0.6) is 0 Å². The SMILES string of the molecule is Cc1nc(-c2ncc(C)[nH]2)cc([C@H]2CCCN(Cc3cc(F)cc(F)c3)C2)n1. The molecule has 3 aromatic rings. The van der Waals surface area contributed by atoms with E-state index in [0.717, 1.165) is 54.9 Å². The highest BCUT2D eigenvalue weighted by molar-refractivity contribution is 5.50. The Morgan fingerprint density at radius 2 is 1.89 bits per heavy atom. The molecule has 4 rings (SSSR count). The van der Waals surface area contributed by atoms with Crippen molar-refractivity contribution in [2.75, 3.05) is 13.1 Å². The number of H-pyrrole nitrogens is 1. The molecule has 1 aliphatic heterocycles. The summed E-state index contributed by atoms with van der Waals surface area (Å²) in [6.45, 7) is 6.08. The zero-order valence-electron chi connectivity index (χ0n) is 16.0. The molecule has 2 aromatic heterocycles. The van der Waals surface area contributed by atoms with Gasteiger partial charge in [-0.15, -0.1) is 0 Å². The van der Waals surface area contributed by atoms with Gasteiger partial charge in [-0.25, -0.2) is 23.7 Å². The normalized spacial score (nSPS) is 17.8. The highest BCUT2D eigenvalue weighted by Crippen LogP contribution is 2.28. The molecule has 3 heterocycles. The molecule has 7 heteroatoms. The van der Waals surface area contributed by atoms with Crippen LogP contribution in [0.15, 0.2) is 30.5 Å². The number of benzene rings is 1. The summed E-state index contributed by atoms with van der Waals surface area (Å²) in [7, 11) is 0. The van der Waals surface area contributed by atoms with Crippen LogP contribution in [0.1, 0.15) is 41.5 Å². The molecule has 5 nitrogen and oxygen atoms in total. The fourth-order valence-electron chi connectivity index (χ4n) is 3.87. The largest absolute Gasteiger partial charge is 0.341 e. The van der Waals surface area contributed by atoms with E-state index in [0.29, 0.717) is 17.9 Å². The molecule has 0 radical (unpaired) electrons. The van der Waals surface area contributed by atoms with Crippen LogP contribution in [0.2, 0.25) is 0 Å². The lowest BCUT2D eigenvalue weighted by atomic mass is 9.93. The van der Waals surface area contributed by atoms with E-state index in [1.807, 2.05) is 19.9 Å². The van der Waals surface area contributed by atoms with E-state index in [2.05, 4.69) is 24.8 Å². The van der Waals surface area contributed by atoms with Crippen LogP contribution in [-0.4, -0.2) is 37.9 Å². The number of imidazole rings is 1. The fraction of sp³-hybridized carbons (Fsp3) is 0.381. The van der Waals surface area contributed by atoms with Crippen LogP contribution < -0.4 is 0 Å². The number of aromatic amines is 1. The van der Waals surface area contributed by atoms with Crippen molar-refractivity contribution in [2.24, 2.45) is 0 Å². The standard InChI is InChI=1S/C21H23F2N5/c1-13-10-24-21(25-13)20-9-19(26-14(2)27-20)16-4-3-5-28(12-16)11-15-6-17(22)8-18(23)7-15/h6-10,16H,3-5,11-12H2,1-2H3,(H,24,25)/t16-/m0/s1. The minimum absolute atomic E-state index is 0.253. The van der Waals surface area contributed by atoms with Crippen LogP contribution in [-0.2, 0) is 6.54 Å². The lowest BCUT2D eigenvalue weighted by molar-refractivity contribution is 0.198. The predicted octanol–water partition coefficient (Wildman–Crippen LogP) is 4.14. The summed E-state index contributed by atoms with van der Waals surface area (Å²) in [6.07, 6.45) is 3.83. The van der Waals surface area contributed by atoms with E-state index in [4.69, 9.17) is 0 Å². The smallest absolute Gasteiger partial charge is 0.156 e. The summed E-state index contributed by atoms with van der Waals surface area (Å²) in [4.78, 5) is 19.0. The molecule has 146 valence electrons. The van der Waals surface area contributed by atoms with E-state index in [-0.39, 0.29) is 5.92 Å². The summed E-state index contributed by atoms with van der Waals surface area (Å²) in [6, 6.07) is 5.71. The van der Waals surface area contributed by atoms with Crippen molar-refractivity contribution in [3.8, 4) is 11.5 Å². The van der Waals surface area contributed by atoms with Gasteiger partial charge in [-0.3, -0.25) is 4.90 Å². The van der Waals surface area contributed by atoms with Crippen molar-refractivity contribution < 1.29 is 8.78 Å². The van der Waals surface area contributed by atoms with Gasteiger partial charge in [0, 0.05) is 42.7 Å². The van der Waals surface area contributed by atoms with Crippen LogP contribution in [0, 0.1) is 25.5 Å². The van der Waals surface area contributed by atoms with Crippen LogP contribution in [0.4, 0.5) is 8.78 Å². The van der Waals surface area contributed by atoms with E-state index in [9.17, 15) is 8.78 Å². The molecule has 0 aliphatic carbocycles. The van der Waals surface area contributed by atoms with Gasteiger partial charge in [0.25, 0.3) is 0 Å². The van der Waals surface area contributed by atoms with Crippen LogP contribution in [0.3, 0.4) is 0 Å². The fourth-order valence-corrected chi connectivity index (χ4v) is 3.87. The Morgan fingerprint density at radius 1 is 1.11 bits per heavy atom. The maximum Gasteiger partial charge on any atom is 0.156 e. The maximum absolute atomic E-state index is 13.5. The zero-order chi connectivity index (χ0) is 19.7. The van der Waals surface area contributed by atoms with Crippen LogP contribution in [0.25, 0.3) is 11.5 Å². The first-order chi connectivity index (χ1) is 13.5. The first-order valence-electron chi connectivity index (χ1n) is 9.51. The van der Waals surface area contributed by atoms with Crippen molar-refractivity contribution >= 4 is 0 Å². The molecule has 1 saturated heterocycles. The molecule has 1 aromatic carbocycles. The number of hydrogen-bond donors (Lipinski definition) is 1. The molecule has 0 spiro atoms. The van der Waals surface area contributed by atoms with E-state index < -0.39 is 11.6 Å². The lowest BCUT2D eigenvalue weighted by Gasteiger charge is -2.32. The summed E-state index contributed by atoms with van der Waals surface area (Å²) in [5.41, 5.74) is 3.43. The van der Waals surface area contributed by atoms with Gasteiger partial charge in [-0.2, -0.15) is 0 Å². The van der Waals surface area contributed by atoms with E-state index >= 15 is 0 Å². The number of piperidine rings is 1. The number of aromatic nitrogens is 4. The van der Waals surface area contributed by atoms with Gasteiger partial charge in [0.2, 0.25) is 0 Å². The average molecular weight is 383 g/mol. The molecular weight excluding hydrogens is 360 g/mol. The molecule has 0 unspecified atom stereocenters. The Hall–Kier alpha value is -2.67. The second-order valence-corrected chi connectivity index (χ2v) is 7.49. The molecule has 1 fully saturated rings. The number of rotatable bonds is 4. The third-order valence-electron chi connectivity index (χ3n) is 5.06. The molecule has 0 bridgehead atoms. The monoisotopic (exact) mass is 383 g/mol. The van der Waals surface area contributed by atoms with Crippen molar-refractivity contribution in [1.82, 2.24) is 24.8 Å². The molecular formula is C21H23F2N5. The summed E-state index contributed by atoms with van der Waals surface area (Å²) in [5, 5.41) is 0. The zero-order valence-corrected chi connectivity index (χ0v) is 16.0. The number of hydrogen-bond acceptors (Lipinski definition) is 4. The minimum atomic E-state index is -0.534. The number of nitrogens with zero attached hydrogens (tertiary/aromatic N) is 4. The summed E-state index contributed by atoms with van der Waals surface area (Å²) < 4.78 is 27.0. The predicted molar refractivity (Wildman–Crippen MR) is 103 cm³/mol. The van der Waals surface area contributed by atoms with Gasteiger partial charge in [0.1, 0.15) is 23.2 Å². The van der Waals surface area contributed by atoms with E-state index in [1.165, 1.54) is 12.1 Å². The third kappa shape index (κ3) is 4.25. The van der Waals surface area contributed by atoms with Gasteiger partial charge in [-0.1, -0.05) is 0 Å². The summed E-state index contributed by atoms with van der Waals surface area (Å²) in [5.74, 6) is 0.642.